The van der Waals surface area contributed by atoms with E-state index in [-0.39, 0.29) is 35.5 Å². The first-order valence-electron chi connectivity index (χ1n) is 12.8. The molecule has 32 heavy (non-hydrogen) atoms. The number of hydrogen-bond donors (Lipinski definition) is 2. The molecule has 5 atom stereocenters. The predicted molar refractivity (Wildman–Crippen MR) is 127 cm³/mol. The molecule has 1 saturated carbocycles. The van der Waals surface area contributed by atoms with Gasteiger partial charge in [-0.05, 0) is 69.9 Å². The maximum Gasteiger partial charge on any atom is 0.233 e. The number of aliphatic imine (C=N–C) groups is 1. The lowest BCUT2D eigenvalue weighted by Gasteiger charge is -2.28. The summed E-state index contributed by atoms with van der Waals surface area (Å²) in [5.74, 6) is 1.99. The molecule has 2 saturated heterocycles. The van der Waals surface area contributed by atoms with Gasteiger partial charge in [-0.25, -0.2) is 0 Å². The van der Waals surface area contributed by atoms with Gasteiger partial charge in [-0.15, -0.1) is 0 Å². The Morgan fingerprint density at radius 1 is 1.09 bits per heavy atom. The van der Waals surface area contributed by atoms with Gasteiger partial charge < -0.3 is 10.6 Å². The van der Waals surface area contributed by atoms with Crippen LogP contribution in [-0.2, 0) is 9.59 Å². The van der Waals surface area contributed by atoms with Crippen LogP contribution in [0.25, 0.3) is 0 Å². The molecule has 2 amide bonds. The minimum atomic E-state index is -0.0900. The van der Waals surface area contributed by atoms with E-state index >= 15 is 0 Å². The number of rotatable bonds is 10. The molecule has 0 aromatic rings. The number of nitrogens with zero attached hydrogens (tertiary/aromatic N) is 3. The molecule has 2 heterocycles. The standard InChI is InChI=1S/C25H41N5O2/c1-4-26-25(28-16-20(14-17(2)3)29-11-5-6-12-29)27-10-7-13-30-23(31)21-18-8-9-19(15-18)22(21)24(30)32/h8-9,17-22H,4-7,10-16H2,1-3H3,(H2,26,27,28). The molecule has 4 aliphatic rings. The number of carbonyl (C=O) groups excluding carboxylic acids is 2. The first kappa shape index (κ1) is 23.3. The van der Waals surface area contributed by atoms with Gasteiger partial charge in [0, 0.05) is 25.7 Å². The Kier molecular flexibility index (Phi) is 7.54. The van der Waals surface area contributed by atoms with E-state index in [0.717, 1.165) is 31.9 Å². The van der Waals surface area contributed by atoms with Crippen molar-refractivity contribution in [1.82, 2.24) is 20.4 Å². The molecule has 5 unspecified atom stereocenters. The molecule has 3 fully saturated rings. The van der Waals surface area contributed by atoms with Crippen molar-refractivity contribution in [3.05, 3.63) is 12.2 Å². The summed E-state index contributed by atoms with van der Waals surface area (Å²) >= 11 is 0. The molecule has 0 radical (unpaired) electrons. The second kappa shape index (κ2) is 10.4. The number of guanidine groups is 1. The molecule has 178 valence electrons. The minimum Gasteiger partial charge on any atom is -0.357 e. The van der Waals surface area contributed by atoms with Crippen molar-refractivity contribution in [2.75, 3.05) is 39.3 Å². The highest BCUT2D eigenvalue weighted by Gasteiger charge is 2.58. The molecule has 7 nitrogen and oxygen atoms in total. The van der Waals surface area contributed by atoms with Crippen molar-refractivity contribution in [3.63, 3.8) is 0 Å². The number of imide groups is 1. The summed E-state index contributed by atoms with van der Waals surface area (Å²) in [5.41, 5.74) is 0. The van der Waals surface area contributed by atoms with Gasteiger partial charge in [-0.3, -0.25) is 24.4 Å². The summed E-state index contributed by atoms with van der Waals surface area (Å²) in [6.45, 7) is 11.8. The van der Waals surface area contributed by atoms with E-state index in [1.165, 1.54) is 37.3 Å². The van der Waals surface area contributed by atoms with E-state index in [1.54, 1.807) is 0 Å². The van der Waals surface area contributed by atoms with E-state index in [1.807, 2.05) is 0 Å². The summed E-state index contributed by atoms with van der Waals surface area (Å²) in [4.78, 5) is 34.6. The summed E-state index contributed by atoms with van der Waals surface area (Å²) < 4.78 is 0. The van der Waals surface area contributed by atoms with E-state index in [9.17, 15) is 9.59 Å². The fourth-order valence-electron chi connectivity index (χ4n) is 6.16. The van der Waals surface area contributed by atoms with Crippen molar-refractivity contribution in [2.24, 2.45) is 34.6 Å². The van der Waals surface area contributed by atoms with E-state index < -0.39 is 0 Å². The van der Waals surface area contributed by atoms with Crippen molar-refractivity contribution >= 4 is 17.8 Å². The van der Waals surface area contributed by atoms with E-state index in [4.69, 9.17) is 4.99 Å². The van der Waals surface area contributed by atoms with Crippen LogP contribution in [-0.4, -0.2) is 72.9 Å². The number of likely N-dealkylation sites (tertiary alicyclic amines) is 2. The second-order valence-electron chi connectivity index (χ2n) is 10.4. The molecule has 0 spiro atoms. The van der Waals surface area contributed by atoms with Gasteiger partial charge in [0.05, 0.1) is 18.4 Å². The Labute approximate surface area is 193 Å². The Hall–Kier alpha value is -1.89. The molecule has 4 rings (SSSR count). The average molecular weight is 444 g/mol. The second-order valence-corrected chi connectivity index (χ2v) is 10.4. The number of nitrogens with one attached hydrogen (secondary N) is 2. The SMILES string of the molecule is CCNC(=NCC(CC(C)C)N1CCCC1)NCCCN1C(=O)C2C3C=CC(C3)C2C1=O. The van der Waals surface area contributed by atoms with Crippen LogP contribution < -0.4 is 10.6 Å². The van der Waals surface area contributed by atoms with Crippen molar-refractivity contribution in [3.8, 4) is 0 Å². The summed E-state index contributed by atoms with van der Waals surface area (Å²) in [6.07, 6.45) is 9.78. The van der Waals surface area contributed by atoms with Gasteiger partial charge >= 0.3 is 0 Å². The summed E-state index contributed by atoms with van der Waals surface area (Å²) in [7, 11) is 0. The Morgan fingerprint density at radius 3 is 2.34 bits per heavy atom. The summed E-state index contributed by atoms with van der Waals surface area (Å²) in [6, 6.07) is 0.496. The lowest BCUT2D eigenvalue weighted by atomic mass is 9.85. The number of carbonyl (C=O) groups is 2. The van der Waals surface area contributed by atoms with E-state index in [0.29, 0.717) is 25.0 Å². The highest BCUT2D eigenvalue weighted by Crippen LogP contribution is 2.52. The van der Waals surface area contributed by atoms with Crippen molar-refractivity contribution in [2.45, 2.75) is 58.9 Å². The van der Waals surface area contributed by atoms with Crippen LogP contribution >= 0.6 is 0 Å². The first-order valence-corrected chi connectivity index (χ1v) is 12.8. The van der Waals surface area contributed by atoms with Crippen LogP contribution in [0.2, 0.25) is 0 Å². The zero-order chi connectivity index (χ0) is 22.7. The Bertz CT molecular complexity index is 713. The zero-order valence-corrected chi connectivity index (χ0v) is 20.1. The van der Waals surface area contributed by atoms with Gasteiger partial charge in [0.1, 0.15) is 0 Å². The highest BCUT2D eigenvalue weighted by molar-refractivity contribution is 6.06. The van der Waals surface area contributed by atoms with Crippen LogP contribution in [0.3, 0.4) is 0 Å². The molecular formula is C25H41N5O2. The third kappa shape index (κ3) is 4.87. The Balaban J connectivity index is 1.26. The van der Waals surface area contributed by atoms with Crippen LogP contribution in [0.4, 0.5) is 0 Å². The smallest absolute Gasteiger partial charge is 0.233 e. The van der Waals surface area contributed by atoms with Crippen LogP contribution in [0.15, 0.2) is 17.1 Å². The lowest BCUT2D eigenvalue weighted by Crippen LogP contribution is -2.42. The molecule has 2 aliphatic carbocycles. The number of fused-ring (bicyclic) bond motifs is 5. The fraction of sp³-hybridized carbons (Fsp3) is 0.800. The van der Waals surface area contributed by atoms with E-state index in [2.05, 4.69) is 48.5 Å². The molecule has 2 bridgehead atoms. The lowest BCUT2D eigenvalue weighted by molar-refractivity contribution is -0.140. The predicted octanol–water partition coefficient (Wildman–Crippen LogP) is 2.25. The van der Waals surface area contributed by atoms with Crippen LogP contribution in [0, 0.1) is 29.6 Å². The minimum absolute atomic E-state index is 0.0552. The topological polar surface area (TPSA) is 77.0 Å². The number of allylic oxidation sites excluding steroid dienone is 2. The third-order valence-electron chi connectivity index (χ3n) is 7.62. The van der Waals surface area contributed by atoms with Crippen LogP contribution in [0.1, 0.15) is 52.9 Å². The maximum absolute atomic E-state index is 12.8. The molecule has 7 heteroatoms. The number of amides is 2. The van der Waals surface area contributed by atoms with Gasteiger partial charge in [-0.1, -0.05) is 26.0 Å². The zero-order valence-electron chi connectivity index (χ0n) is 20.1. The van der Waals surface area contributed by atoms with Gasteiger partial charge in [0.2, 0.25) is 11.8 Å². The van der Waals surface area contributed by atoms with Gasteiger partial charge in [0.25, 0.3) is 0 Å². The molecular weight excluding hydrogens is 402 g/mol. The van der Waals surface area contributed by atoms with Crippen LogP contribution in [0.5, 0.6) is 0 Å². The number of hydrogen-bond acceptors (Lipinski definition) is 4. The Morgan fingerprint density at radius 2 is 1.75 bits per heavy atom. The monoisotopic (exact) mass is 443 g/mol. The van der Waals surface area contributed by atoms with Gasteiger partial charge in [-0.2, -0.15) is 0 Å². The molecule has 2 N–H and O–H groups in total. The normalized spacial score (nSPS) is 30.6. The highest BCUT2D eigenvalue weighted by atomic mass is 16.2. The maximum atomic E-state index is 12.8. The van der Waals surface area contributed by atoms with Crippen molar-refractivity contribution in [1.29, 1.82) is 0 Å². The van der Waals surface area contributed by atoms with Gasteiger partial charge in [0.15, 0.2) is 5.96 Å². The molecule has 0 aromatic heterocycles. The first-order chi connectivity index (χ1) is 15.5. The summed E-state index contributed by atoms with van der Waals surface area (Å²) in [5, 5.41) is 6.76. The third-order valence-corrected chi connectivity index (χ3v) is 7.62. The largest absolute Gasteiger partial charge is 0.357 e. The quantitative estimate of drug-likeness (QED) is 0.178. The average Bonchev–Trinajstić information content (AvgIpc) is 3.55. The molecule has 0 aromatic carbocycles. The van der Waals surface area contributed by atoms with Crippen molar-refractivity contribution < 1.29 is 9.59 Å². The fourth-order valence-corrected chi connectivity index (χ4v) is 6.16. The molecule has 2 aliphatic heterocycles.